The van der Waals surface area contributed by atoms with E-state index < -0.39 is 18.2 Å². The van der Waals surface area contributed by atoms with Gasteiger partial charge >= 0.3 is 18.2 Å². The smallest absolute Gasteiger partial charge is 0.375 e. The molecule has 9 heavy (non-hydrogen) atoms. The summed E-state index contributed by atoms with van der Waals surface area (Å²) >= 11 is 0. The highest BCUT2D eigenvalue weighted by Gasteiger charge is 2.46. The highest BCUT2D eigenvalue weighted by Crippen LogP contribution is 2.16. The predicted octanol–water partition coefficient (Wildman–Crippen LogP) is -0.00580. The zero-order valence-corrected chi connectivity index (χ0v) is 4.01. The van der Waals surface area contributed by atoms with Crippen LogP contribution in [0.25, 0.3) is 0 Å². The van der Waals surface area contributed by atoms with Crippen molar-refractivity contribution < 1.29 is 28.2 Å². The van der Waals surface area contributed by atoms with E-state index in [-0.39, 0.29) is 0 Å². The van der Waals surface area contributed by atoms with Gasteiger partial charge in [0.25, 0.3) is 0 Å². The highest BCUT2D eigenvalue weighted by atomic mass is 19.3. The Morgan fingerprint density at radius 3 is 1.89 bits per heavy atom. The van der Waals surface area contributed by atoms with E-state index in [1.54, 1.807) is 0 Å². The molecule has 6 heteroatoms. The fourth-order valence-electron chi connectivity index (χ4n) is 0.0933. The fraction of sp³-hybridized carbons (Fsp3) is 0.667. The molecule has 0 bridgehead atoms. The molecule has 2 N–H and O–H groups in total. The van der Waals surface area contributed by atoms with E-state index in [4.69, 9.17) is 10.2 Å². The molecule has 0 aromatic heterocycles. The van der Waals surface area contributed by atoms with Gasteiger partial charge in [-0.1, -0.05) is 0 Å². The van der Waals surface area contributed by atoms with Crippen LogP contribution in [0, 0.1) is 0 Å². The van der Waals surface area contributed by atoms with E-state index in [1.165, 1.54) is 0 Å². The number of aliphatic hydroxyl groups is 1. The minimum atomic E-state index is -4.42. The van der Waals surface area contributed by atoms with Crippen LogP contribution in [0.1, 0.15) is 0 Å². The van der Waals surface area contributed by atoms with E-state index in [0.717, 1.165) is 0 Å². The van der Waals surface area contributed by atoms with Crippen LogP contribution in [-0.4, -0.2) is 28.5 Å². The van der Waals surface area contributed by atoms with Gasteiger partial charge in [-0.25, -0.2) is 13.6 Å². The quantitative estimate of drug-likeness (QED) is 0.573. The summed E-state index contributed by atoms with van der Waals surface area (Å²) in [6, 6.07) is 0. The summed E-state index contributed by atoms with van der Waals surface area (Å²) in [4.78, 5) is 9.36. The lowest BCUT2D eigenvalue weighted by molar-refractivity contribution is -0.213. The Labute approximate surface area is 47.7 Å². The molecule has 54 valence electrons. The molecule has 0 aliphatic rings. The van der Waals surface area contributed by atoms with Crippen LogP contribution < -0.4 is 0 Å². The maximum absolute atomic E-state index is 11.5. The van der Waals surface area contributed by atoms with Gasteiger partial charge in [0, 0.05) is 0 Å². The molecule has 0 amide bonds. The Kier molecular flexibility index (Phi) is 2.03. The SMILES string of the molecule is O=C(O)[C@@](O)(F)C(F)F. The van der Waals surface area contributed by atoms with E-state index >= 15 is 0 Å². The van der Waals surface area contributed by atoms with Gasteiger partial charge in [-0.3, -0.25) is 0 Å². The summed E-state index contributed by atoms with van der Waals surface area (Å²) in [5.41, 5.74) is 0. The Morgan fingerprint density at radius 1 is 1.56 bits per heavy atom. The Bertz CT molecular complexity index is 121. The molecule has 0 spiro atoms. The first-order valence-electron chi connectivity index (χ1n) is 1.82. The number of carboxylic acids is 1. The average molecular weight is 144 g/mol. The molecule has 0 aliphatic heterocycles. The molecule has 0 rings (SSSR count). The van der Waals surface area contributed by atoms with Gasteiger partial charge in [0.05, 0.1) is 0 Å². The largest absolute Gasteiger partial charge is 0.477 e. The Hall–Kier alpha value is -0.780. The number of carbonyl (C=O) groups is 1. The number of rotatable bonds is 2. The summed E-state index contributed by atoms with van der Waals surface area (Å²) in [5.74, 6) is -7.00. The molecule has 0 unspecified atom stereocenters. The van der Waals surface area contributed by atoms with Crippen LogP contribution in [0.15, 0.2) is 0 Å². The fourth-order valence-corrected chi connectivity index (χ4v) is 0.0933. The normalized spacial score (nSPS) is 17.4. The molecule has 0 heterocycles. The lowest BCUT2D eigenvalue weighted by Crippen LogP contribution is -2.40. The number of halogens is 3. The van der Waals surface area contributed by atoms with Gasteiger partial charge < -0.3 is 10.2 Å². The monoisotopic (exact) mass is 144 g/mol. The summed E-state index contributed by atoms with van der Waals surface area (Å²) < 4.78 is 33.7. The molecule has 0 aromatic carbocycles. The van der Waals surface area contributed by atoms with Crippen molar-refractivity contribution in [3.63, 3.8) is 0 Å². The zero-order valence-electron chi connectivity index (χ0n) is 4.01. The predicted molar refractivity (Wildman–Crippen MR) is 19.7 cm³/mol. The van der Waals surface area contributed by atoms with E-state index in [0.29, 0.717) is 0 Å². The second-order valence-electron chi connectivity index (χ2n) is 1.28. The third-order valence-electron chi connectivity index (χ3n) is 0.589. The van der Waals surface area contributed by atoms with Crippen molar-refractivity contribution in [3.8, 4) is 0 Å². The third kappa shape index (κ3) is 1.56. The van der Waals surface area contributed by atoms with Crippen LogP contribution in [-0.2, 0) is 4.79 Å². The van der Waals surface area contributed by atoms with Crippen molar-refractivity contribution in [2.24, 2.45) is 0 Å². The second-order valence-corrected chi connectivity index (χ2v) is 1.28. The van der Waals surface area contributed by atoms with Crippen molar-refractivity contribution in [1.82, 2.24) is 0 Å². The highest BCUT2D eigenvalue weighted by molar-refractivity contribution is 5.75. The summed E-state index contributed by atoms with van der Waals surface area (Å²) in [6.07, 6.45) is -3.92. The van der Waals surface area contributed by atoms with Crippen LogP contribution in [0.5, 0.6) is 0 Å². The molecule has 0 saturated heterocycles. The minimum absolute atomic E-state index is 2.59. The van der Waals surface area contributed by atoms with Crippen LogP contribution in [0.3, 0.4) is 0 Å². The van der Waals surface area contributed by atoms with Crippen molar-refractivity contribution in [1.29, 1.82) is 0 Å². The van der Waals surface area contributed by atoms with E-state index in [1.807, 2.05) is 0 Å². The first kappa shape index (κ1) is 8.22. The first-order chi connectivity index (χ1) is 3.89. The standard InChI is InChI=1S/C3H3F3O3/c4-1(5)3(6,9)2(7)8/h1,9H,(H,7,8)/t3-/m1/s1. The van der Waals surface area contributed by atoms with Crippen molar-refractivity contribution in [3.05, 3.63) is 0 Å². The van der Waals surface area contributed by atoms with Gasteiger partial charge in [-0.05, 0) is 0 Å². The molecular formula is C3H3F3O3. The Morgan fingerprint density at radius 2 is 1.89 bits per heavy atom. The molecule has 0 aromatic rings. The topological polar surface area (TPSA) is 57.5 Å². The lowest BCUT2D eigenvalue weighted by Gasteiger charge is -2.10. The van der Waals surface area contributed by atoms with Gasteiger partial charge in [0.1, 0.15) is 0 Å². The zero-order chi connectivity index (χ0) is 7.65. The number of aliphatic carboxylic acids is 1. The molecule has 3 nitrogen and oxygen atoms in total. The average Bonchev–Trinajstić information content (AvgIpc) is 1.65. The molecule has 0 saturated carbocycles. The third-order valence-corrected chi connectivity index (χ3v) is 0.589. The number of hydrogen-bond acceptors (Lipinski definition) is 2. The summed E-state index contributed by atoms with van der Waals surface area (Å²) in [7, 11) is 0. The van der Waals surface area contributed by atoms with Crippen molar-refractivity contribution in [2.45, 2.75) is 12.3 Å². The van der Waals surface area contributed by atoms with Gasteiger partial charge in [0.2, 0.25) is 0 Å². The van der Waals surface area contributed by atoms with E-state index in [2.05, 4.69) is 0 Å². The van der Waals surface area contributed by atoms with Gasteiger partial charge in [-0.15, -0.1) is 0 Å². The second kappa shape index (κ2) is 2.22. The molecule has 1 atom stereocenters. The molecule has 0 fully saturated rings. The van der Waals surface area contributed by atoms with Crippen molar-refractivity contribution in [2.75, 3.05) is 0 Å². The minimum Gasteiger partial charge on any atom is -0.477 e. The van der Waals surface area contributed by atoms with Gasteiger partial charge in [0.15, 0.2) is 0 Å². The number of alkyl halides is 3. The van der Waals surface area contributed by atoms with E-state index in [9.17, 15) is 18.0 Å². The maximum atomic E-state index is 11.5. The van der Waals surface area contributed by atoms with Crippen molar-refractivity contribution >= 4 is 5.97 Å². The Balaban J connectivity index is 4.19. The molecule has 0 aliphatic carbocycles. The van der Waals surface area contributed by atoms with Crippen LogP contribution in [0.4, 0.5) is 13.2 Å². The first-order valence-corrected chi connectivity index (χ1v) is 1.82. The number of hydrogen-bond donors (Lipinski definition) is 2. The molecular weight excluding hydrogens is 141 g/mol. The van der Waals surface area contributed by atoms with Gasteiger partial charge in [-0.2, -0.15) is 4.39 Å². The summed E-state index contributed by atoms with van der Waals surface area (Å²) in [6.45, 7) is 0. The molecule has 0 radical (unpaired) electrons. The lowest BCUT2D eigenvalue weighted by atomic mass is 10.3. The summed E-state index contributed by atoms with van der Waals surface area (Å²) in [5, 5.41) is 15.2. The van der Waals surface area contributed by atoms with Crippen LogP contribution >= 0.6 is 0 Å². The number of carboxylic acid groups (broad SMARTS) is 1. The maximum Gasteiger partial charge on any atom is 0.375 e. The van der Waals surface area contributed by atoms with Crippen LogP contribution in [0.2, 0.25) is 0 Å².